The van der Waals surface area contributed by atoms with Crippen molar-refractivity contribution < 1.29 is 0 Å². The van der Waals surface area contributed by atoms with Gasteiger partial charge in [0.1, 0.15) is 0 Å². The lowest BCUT2D eigenvalue weighted by Gasteiger charge is -1.80. The minimum atomic E-state index is 1.15. The van der Waals surface area contributed by atoms with Crippen molar-refractivity contribution in [2.24, 2.45) is 7.05 Å². The van der Waals surface area contributed by atoms with Gasteiger partial charge in [0.05, 0.1) is 6.20 Å². The Morgan fingerprint density at radius 2 is 2.44 bits per heavy atom. The summed E-state index contributed by atoms with van der Waals surface area (Å²) in [6.45, 7) is 1.99. The summed E-state index contributed by atoms with van der Waals surface area (Å²) in [5, 5.41) is 4.00. The summed E-state index contributed by atoms with van der Waals surface area (Å²) < 4.78 is 1.79. The van der Waals surface area contributed by atoms with Crippen LogP contribution in [0.3, 0.4) is 0 Å². The van der Waals surface area contributed by atoms with E-state index in [-0.39, 0.29) is 0 Å². The summed E-state index contributed by atoms with van der Waals surface area (Å²) in [6, 6.07) is 0. The molecular weight excluding hydrogens is 112 g/mol. The highest BCUT2D eigenvalue weighted by atomic mass is 15.2. The molecule has 0 atom stereocenters. The molecule has 48 valence electrons. The highest BCUT2D eigenvalue weighted by Crippen LogP contribution is 1.97. The van der Waals surface area contributed by atoms with Crippen LogP contribution in [-0.2, 0) is 7.05 Å². The summed E-state index contributed by atoms with van der Waals surface area (Å²) in [5.41, 5.74) is 1.15. The van der Waals surface area contributed by atoms with Gasteiger partial charge in [-0.15, -0.1) is 0 Å². The Bertz CT molecular complexity index is 210. The van der Waals surface area contributed by atoms with Crippen molar-refractivity contribution in [1.29, 1.82) is 0 Å². The van der Waals surface area contributed by atoms with Gasteiger partial charge in [0.15, 0.2) is 0 Å². The second kappa shape index (κ2) is 2.49. The normalized spacial score (nSPS) is 10.9. The minimum absolute atomic E-state index is 1.15. The van der Waals surface area contributed by atoms with Gasteiger partial charge in [0.2, 0.25) is 0 Å². The zero-order chi connectivity index (χ0) is 6.69. The Labute approximate surface area is 54.8 Å². The number of aryl methyl sites for hydroxylation is 1. The average molecular weight is 122 g/mol. The van der Waals surface area contributed by atoms with E-state index in [1.165, 1.54) is 0 Å². The van der Waals surface area contributed by atoms with E-state index in [1.807, 2.05) is 38.5 Å². The Kier molecular flexibility index (Phi) is 1.68. The Morgan fingerprint density at radius 1 is 1.67 bits per heavy atom. The number of aromatic nitrogens is 2. The maximum atomic E-state index is 4.00. The Morgan fingerprint density at radius 3 is 2.89 bits per heavy atom. The van der Waals surface area contributed by atoms with E-state index in [9.17, 15) is 0 Å². The molecule has 0 aliphatic heterocycles. The van der Waals surface area contributed by atoms with E-state index in [4.69, 9.17) is 0 Å². The number of hydrogen-bond acceptors (Lipinski definition) is 1. The maximum Gasteiger partial charge on any atom is 0.0562 e. The third-order valence-corrected chi connectivity index (χ3v) is 1.08. The molecular formula is C7H10N2. The molecule has 0 aromatic carbocycles. The molecule has 0 amide bonds. The van der Waals surface area contributed by atoms with Crippen molar-refractivity contribution >= 4 is 6.08 Å². The molecule has 1 aromatic heterocycles. The number of nitrogens with zero attached hydrogens (tertiary/aromatic N) is 2. The molecule has 0 saturated carbocycles. The molecule has 2 heteroatoms. The van der Waals surface area contributed by atoms with Gasteiger partial charge in [0.25, 0.3) is 0 Å². The van der Waals surface area contributed by atoms with Crippen molar-refractivity contribution in [2.75, 3.05) is 0 Å². The van der Waals surface area contributed by atoms with Crippen LogP contribution in [0.1, 0.15) is 12.5 Å². The first kappa shape index (κ1) is 6.08. The van der Waals surface area contributed by atoms with Gasteiger partial charge in [-0.05, 0) is 6.92 Å². The van der Waals surface area contributed by atoms with Crippen molar-refractivity contribution in [3.8, 4) is 0 Å². The molecule has 0 saturated heterocycles. The zero-order valence-corrected chi connectivity index (χ0v) is 5.70. The van der Waals surface area contributed by atoms with E-state index in [0.29, 0.717) is 0 Å². The van der Waals surface area contributed by atoms with Crippen LogP contribution in [0.4, 0.5) is 0 Å². The van der Waals surface area contributed by atoms with E-state index >= 15 is 0 Å². The lowest BCUT2D eigenvalue weighted by atomic mass is 10.3. The topological polar surface area (TPSA) is 17.8 Å². The summed E-state index contributed by atoms with van der Waals surface area (Å²) in [7, 11) is 1.91. The molecule has 0 aliphatic carbocycles. The van der Waals surface area contributed by atoms with Gasteiger partial charge in [0, 0.05) is 18.8 Å². The number of hydrogen-bond donors (Lipinski definition) is 0. The molecule has 1 aromatic rings. The third kappa shape index (κ3) is 1.42. The fourth-order valence-electron chi connectivity index (χ4n) is 0.719. The first-order valence-corrected chi connectivity index (χ1v) is 2.94. The standard InChI is InChI=1S/C7H10N2/c1-3-4-7-5-8-9(2)6-7/h3-6H,1-2H3/b4-3+. The fraction of sp³-hybridized carbons (Fsp3) is 0.286. The van der Waals surface area contributed by atoms with Crippen LogP contribution in [-0.4, -0.2) is 9.78 Å². The first-order valence-electron chi connectivity index (χ1n) is 2.94. The maximum absolute atomic E-state index is 4.00. The second-order valence-electron chi connectivity index (χ2n) is 1.95. The minimum Gasteiger partial charge on any atom is -0.275 e. The molecule has 0 bridgehead atoms. The molecule has 1 rings (SSSR count). The number of rotatable bonds is 1. The molecule has 1 heterocycles. The lowest BCUT2D eigenvalue weighted by Crippen LogP contribution is -1.83. The van der Waals surface area contributed by atoms with Crippen LogP contribution in [0.15, 0.2) is 18.5 Å². The average Bonchev–Trinajstić information content (AvgIpc) is 2.17. The quantitative estimate of drug-likeness (QED) is 0.551. The van der Waals surface area contributed by atoms with Gasteiger partial charge in [-0.3, -0.25) is 4.68 Å². The van der Waals surface area contributed by atoms with Crippen molar-refractivity contribution in [3.63, 3.8) is 0 Å². The molecule has 0 unspecified atom stereocenters. The molecule has 0 fully saturated rings. The summed E-state index contributed by atoms with van der Waals surface area (Å²) in [6.07, 6.45) is 7.82. The third-order valence-electron chi connectivity index (χ3n) is 1.08. The molecule has 0 aliphatic rings. The van der Waals surface area contributed by atoms with E-state index in [2.05, 4.69) is 5.10 Å². The van der Waals surface area contributed by atoms with Crippen molar-refractivity contribution in [1.82, 2.24) is 9.78 Å². The highest BCUT2D eigenvalue weighted by molar-refractivity contribution is 5.45. The molecule has 2 nitrogen and oxygen atoms in total. The van der Waals surface area contributed by atoms with Crippen molar-refractivity contribution in [2.45, 2.75) is 6.92 Å². The predicted molar refractivity (Wildman–Crippen MR) is 37.9 cm³/mol. The molecule has 0 spiro atoms. The second-order valence-corrected chi connectivity index (χ2v) is 1.95. The van der Waals surface area contributed by atoms with Crippen LogP contribution in [0, 0.1) is 0 Å². The van der Waals surface area contributed by atoms with Crippen LogP contribution in [0.2, 0.25) is 0 Å². The van der Waals surface area contributed by atoms with Crippen LogP contribution in [0.25, 0.3) is 6.08 Å². The Hall–Kier alpha value is -1.05. The van der Waals surface area contributed by atoms with Gasteiger partial charge >= 0.3 is 0 Å². The summed E-state index contributed by atoms with van der Waals surface area (Å²) >= 11 is 0. The molecule has 0 radical (unpaired) electrons. The summed E-state index contributed by atoms with van der Waals surface area (Å²) in [5.74, 6) is 0. The highest BCUT2D eigenvalue weighted by Gasteiger charge is 1.86. The molecule has 9 heavy (non-hydrogen) atoms. The summed E-state index contributed by atoms with van der Waals surface area (Å²) in [4.78, 5) is 0. The van der Waals surface area contributed by atoms with E-state index < -0.39 is 0 Å². The van der Waals surface area contributed by atoms with Gasteiger partial charge in [-0.1, -0.05) is 12.2 Å². The zero-order valence-electron chi connectivity index (χ0n) is 5.70. The fourth-order valence-corrected chi connectivity index (χ4v) is 0.719. The van der Waals surface area contributed by atoms with Crippen LogP contribution >= 0.6 is 0 Å². The van der Waals surface area contributed by atoms with Crippen LogP contribution in [0.5, 0.6) is 0 Å². The monoisotopic (exact) mass is 122 g/mol. The SMILES string of the molecule is C/C=C/c1cnn(C)c1. The van der Waals surface area contributed by atoms with E-state index in [1.54, 1.807) is 4.68 Å². The van der Waals surface area contributed by atoms with Crippen LogP contribution < -0.4 is 0 Å². The van der Waals surface area contributed by atoms with Gasteiger partial charge in [-0.25, -0.2) is 0 Å². The van der Waals surface area contributed by atoms with E-state index in [0.717, 1.165) is 5.56 Å². The molecule has 0 N–H and O–H groups in total. The van der Waals surface area contributed by atoms with Crippen molar-refractivity contribution in [3.05, 3.63) is 24.0 Å². The van der Waals surface area contributed by atoms with Gasteiger partial charge in [-0.2, -0.15) is 5.10 Å². The predicted octanol–water partition coefficient (Wildman–Crippen LogP) is 1.45. The lowest BCUT2D eigenvalue weighted by molar-refractivity contribution is 0.767. The number of allylic oxidation sites excluding steroid dienone is 1. The largest absolute Gasteiger partial charge is 0.275 e. The smallest absolute Gasteiger partial charge is 0.0562 e. The van der Waals surface area contributed by atoms with Gasteiger partial charge < -0.3 is 0 Å². The Balaban J connectivity index is 2.85. The first-order chi connectivity index (χ1) is 4.33.